The van der Waals surface area contributed by atoms with Crippen LogP contribution in [0.4, 0.5) is 0 Å². The topological polar surface area (TPSA) is 132 Å². The molecule has 0 aromatic carbocycles. The maximum atomic E-state index is 11.7. The summed E-state index contributed by atoms with van der Waals surface area (Å²) < 4.78 is 15.3. The minimum atomic E-state index is -4.92. The van der Waals surface area contributed by atoms with Crippen molar-refractivity contribution in [1.29, 1.82) is 0 Å². The number of hydrogen-bond donors (Lipinski definition) is 3. The molecule has 2 rings (SSSR count). The summed E-state index contributed by atoms with van der Waals surface area (Å²) in [6.45, 7) is 1.01. The quantitative estimate of drug-likeness (QED) is 0.224. The summed E-state index contributed by atoms with van der Waals surface area (Å²) >= 11 is 5.87. The van der Waals surface area contributed by atoms with Gasteiger partial charge in [-0.1, -0.05) is 24.0 Å². The van der Waals surface area contributed by atoms with Crippen LogP contribution in [0.2, 0.25) is 0 Å². The predicted molar refractivity (Wildman–Crippen MR) is 81.6 cm³/mol. The van der Waals surface area contributed by atoms with Gasteiger partial charge in [-0.25, -0.2) is 0 Å². The summed E-state index contributed by atoms with van der Waals surface area (Å²) in [4.78, 5) is 35.1. The number of nitrogens with zero attached hydrogens (tertiary/aromatic N) is 1. The van der Waals surface area contributed by atoms with Gasteiger partial charge in [-0.05, 0) is 13.0 Å². The average Bonchev–Trinajstić information content (AvgIpc) is 2.71. The van der Waals surface area contributed by atoms with E-state index < -0.39 is 20.3 Å². The first-order valence-corrected chi connectivity index (χ1v) is 8.50. The van der Waals surface area contributed by atoms with Gasteiger partial charge >= 0.3 is 29.6 Å². The number of amides is 1. The van der Waals surface area contributed by atoms with Crippen molar-refractivity contribution in [2.24, 2.45) is 0 Å². The van der Waals surface area contributed by atoms with Crippen LogP contribution >= 0.6 is 31.8 Å². The summed E-state index contributed by atoms with van der Waals surface area (Å²) in [5, 5.41) is 12.5. The summed E-state index contributed by atoms with van der Waals surface area (Å²) in [7, 11) is -4.92. The van der Waals surface area contributed by atoms with Crippen LogP contribution in [-0.4, -0.2) is 25.2 Å². The molecule has 0 radical (unpaired) electrons. The van der Waals surface area contributed by atoms with E-state index >= 15 is 0 Å². The zero-order valence-electron chi connectivity index (χ0n) is 12.1. The number of aromatic hydroxyl groups is 1. The van der Waals surface area contributed by atoms with E-state index in [1.807, 2.05) is 0 Å². The van der Waals surface area contributed by atoms with Crippen LogP contribution in [0.25, 0.3) is 6.08 Å². The van der Waals surface area contributed by atoms with E-state index in [1.165, 1.54) is 12.3 Å². The standard InChI is InChI=1S/C11H11N2O6PS2.Na/c1-5-9(14)7(2-8-10(15)13-11(21)22-8)6(3-12-5)4-19-20(16,17)18;/h2-3,14H,4H2,1H3,(H,13,15,21)(H2,16,17,18);/q;+1/p-1/b8-2-;. The zero-order valence-corrected chi connectivity index (χ0v) is 16.6. The van der Waals surface area contributed by atoms with Crippen LogP contribution < -0.4 is 39.8 Å². The smallest absolute Gasteiger partial charge is 0.756 e. The minimum Gasteiger partial charge on any atom is -0.756 e. The SMILES string of the molecule is Cc1ncc(COP(=O)([O-])O)c(/C=C2\SC(=S)NC2=O)c1O.[Na+]. The van der Waals surface area contributed by atoms with E-state index in [1.54, 1.807) is 6.92 Å². The number of thioether (sulfide) groups is 1. The fourth-order valence-corrected chi connectivity index (χ4v) is 2.96. The maximum Gasteiger partial charge on any atom is 1.00 e. The molecule has 118 valence electrons. The Morgan fingerprint density at radius 2 is 2.26 bits per heavy atom. The number of phosphoric acid groups is 1. The normalized spacial score (nSPS) is 18.5. The van der Waals surface area contributed by atoms with Gasteiger partial charge < -0.3 is 24.7 Å². The average molecular weight is 384 g/mol. The van der Waals surface area contributed by atoms with Crippen molar-refractivity contribution in [1.82, 2.24) is 10.3 Å². The number of pyridine rings is 1. The van der Waals surface area contributed by atoms with Crippen molar-refractivity contribution in [2.75, 3.05) is 0 Å². The third-order valence-corrected chi connectivity index (χ3v) is 4.28. The molecule has 1 fully saturated rings. The van der Waals surface area contributed by atoms with E-state index in [0.717, 1.165) is 11.8 Å². The van der Waals surface area contributed by atoms with E-state index in [0.29, 0.717) is 0 Å². The second-order valence-electron chi connectivity index (χ2n) is 4.23. The fourth-order valence-electron chi connectivity index (χ4n) is 1.63. The molecule has 23 heavy (non-hydrogen) atoms. The summed E-state index contributed by atoms with van der Waals surface area (Å²) in [5.41, 5.74) is 0.645. The van der Waals surface area contributed by atoms with Crippen LogP contribution in [0.1, 0.15) is 16.8 Å². The third-order valence-electron chi connectivity index (χ3n) is 2.66. The molecular formula is C11H10N2NaO6PS2. The van der Waals surface area contributed by atoms with Crippen molar-refractivity contribution in [3.05, 3.63) is 27.9 Å². The molecule has 0 aliphatic carbocycles. The first kappa shape index (κ1) is 20.8. The van der Waals surface area contributed by atoms with Crippen molar-refractivity contribution < 1.29 is 58.3 Å². The number of rotatable bonds is 4. The second-order valence-corrected chi connectivity index (χ2v) is 7.14. The molecule has 0 saturated carbocycles. The van der Waals surface area contributed by atoms with Crippen LogP contribution in [-0.2, 0) is 20.5 Å². The monoisotopic (exact) mass is 384 g/mol. The molecule has 0 spiro atoms. The van der Waals surface area contributed by atoms with E-state index in [2.05, 4.69) is 14.8 Å². The van der Waals surface area contributed by atoms with Crippen LogP contribution in [0.5, 0.6) is 5.75 Å². The molecule has 1 atom stereocenters. The molecule has 2 heterocycles. The number of hydrogen-bond acceptors (Lipinski definition) is 8. The van der Waals surface area contributed by atoms with Gasteiger partial charge in [0.05, 0.1) is 17.2 Å². The van der Waals surface area contributed by atoms with Gasteiger partial charge in [0.15, 0.2) is 0 Å². The molecule has 1 aromatic heterocycles. The predicted octanol–water partition coefficient (Wildman–Crippen LogP) is -2.43. The largest absolute Gasteiger partial charge is 1.00 e. The molecule has 1 unspecified atom stereocenters. The number of carbonyl (C=O) groups excluding carboxylic acids is 1. The zero-order chi connectivity index (χ0) is 16.5. The van der Waals surface area contributed by atoms with Gasteiger partial charge in [-0.3, -0.25) is 14.3 Å². The van der Waals surface area contributed by atoms with Crippen molar-refractivity contribution in [3.8, 4) is 5.75 Å². The van der Waals surface area contributed by atoms with Crippen LogP contribution in [0, 0.1) is 6.92 Å². The fraction of sp³-hybridized carbons (Fsp3) is 0.182. The summed E-state index contributed by atoms with van der Waals surface area (Å²) in [5.74, 6) is -0.647. The van der Waals surface area contributed by atoms with Gasteiger partial charge in [0, 0.05) is 17.3 Å². The van der Waals surface area contributed by atoms with Crippen molar-refractivity contribution in [3.63, 3.8) is 0 Å². The number of aryl methyl sites for hydroxylation is 1. The van der Waals surface area contributed by atoms with E-state index in [9.17, 15) is 19.4 Å². The molecule has 1 aromatic rings. The molecule has 1 amide bonds. The molecule has 3 N–H and O–H groups in total. The molecule has 1 aliphatic rings. The number of thiocarbonyl (C=S) groups is 1. The number of carbonyl (C=O) groups is 1. The molecule has 12 heteroatoms. The number of phosphoric ester groups is 1. The Kier molecular flexibility index (Phi) is 7.39. The first-order valence-electron chi connectivity index (χ1n) is 5.78. The minimum absolute atomic E-state index is 0. The van der Waals surface area contributed by atoms with E-state index in [4.69, 9.17) is 17.1 Å². The third kappa shape index (κ3) is 5.63. The Morgan fingerprint density at radius 3 is 2.78 bits per heavy atom. The van der Waals surface area contributed by atoms with Gasteiger partial charge in [-0.15, -0.1) is 0 Å². The Bertz CT molecular complexity index is 735. The first-order chi connectivity index (χ1) is 10.2. The van der Waals surface area contributed by atoms with Crippen LogP contribution in [0.15, 0.2) is 11.1 Å². The Morgan fingerprint density at radius 1 is 1.61 bits per heavy atom. The number of nitrogens with one attached hydrogen (secondary N) is 1. The van der Waals surface area contributed by atoms with Crippen molar-refractivity contribution >= 4 is 48.1 Å². The van der Waals surface area contributed by atoms with Gasteiger partial charge in [0.25, 0.3) is 13.7 Å². The maximum absolute atomic E-state index is 11.7. The van der Waals surface area contributed by atoms with Crippen LogP contribution in [0.3, 0.4) is 0 Å². The van der Waals surface area contributed by atoms with Gasteiger partial charge in [0.2, 0.25) is 0 Å². The van der Waals surface area contributed by atoms with Gasteiger partial charge in [-0.2, -0.15) is 0 Å². The van der Waals surface area contributed by atoms with Crippen molar-refractivity contribution in [2.45, 2.75) is 13.5 Å². The summed E-state index contributed by atoms with van der Waals surface area (Å²) in [6, 6.07) is 0. The molecule has 1 aliphatic heterocycles. The molecular weight excluding hydrogens is 374 g/mol. The summed E-state index contributed by atoms with van der Waals surface area (Å²) in [6.07, 6.45) is 2.64. The Labute approximate surface area is 163 Å². The molecule has 1 saturated heterocycles. The molecule has 8 nitrogen and oxygen atoms in total. The Hall–Kier alpha value is -0.290. The van der Waals surface area contributed by atoms with E-state index in [-0.39, 0.29) is 61.4 Å². The van der Waals surface area contributed by atoms with Gasteiger partial charge in [0.1, 0.15) is 10.1 Å². The number of aromatic nitrogens is 1. The molecule has 0 bridgehead atoms. The Balaban J connectivity index is 0.00000264. The second kappa shape index (κ2) is 8.19.